The first-order valence-corrected chi connectivity index (χ1v) is 7.12. The van der Waals surface area contributed by atoms with E-state index in [0.29, 0.717) is 12.0 Å². The minimum Gasteiger partial charge on any atom is -0.364 e. The van der Waals surface area contributed by atoms with Gasteiger partial charge in [0.2, 0.25) is 0 Å². The van der Waals surface area contributed by atoms with Crippen LogP contribution in [-0.2, 0) is 4.74 Å². The summed E-state index contributed by atoms with van der Waals surface area (Å²) >= 11 is 0. The molecule has 2 heteroatoms. The van der Waals surface area contributed by atoms with E-state index in [1.165, 1.54) is 0 Å². The van der Waals surface area contributed by atoms with Crippen molar-refractivity contribution in [2.45, 2.75) is 58.2 Å². The van der Waals surface area contributed by atoms with E-state index in [9.17, 15) is 4.79 Å². The van der Waals surface area contributed by atoms with E-state index in [1.807, 2.05) is 44.2 Å². The van der Waals surface area contributed by atoms with Gasteiger partial charge in [0.15, 0.2) is 5.78 Å². The molecule has 1 aromatic rings. The molecule has 0 heterocycles. The van der Waals surface area contributed by atoms with Gasteiger partial charge in [-0.05, 0) is 33.6 Å². The van der Waals surface area contributed by atoms with Crippen LogP contribution < -0.4 is 0 Å². The lowest BCUT2D eigenvalue weighted by atomic mass is 9.85. The first-order valence-electron chi connectivity index (χ1n) is 7.12. The number of hydrogen-bond acceptors (Lipinski definition) is 2. The largest absolute Gasteiger partial charge is 0.364 e. The molecule has 0 fully saturated rings. The minimum absolute atomic E-state index is 0.0197. The summed E-state index contributed by atoms with van der Waals surface area (Å²) in [4.78, 5) is 12.8. The maximum atomic E-state index is 12.8. The SMILES string of the molecule is [CH2]CC(CCCC)(OC(C)C)C(=O)c1ccccc1. The van der Waals surface area contributed by atoms with Gasteiger partial charge in [0.25, 0.3) is 0 Å². The zero-order valence-electron chi connectivity index (χ0n) is 12.3. The number of benzene rings is 1. The van der Waals surface area contributed by atoms with Crippen LogP contribution in [0.15, 0.2) is 30.3 Å². The number of carbonyl (C=O) groups is 1. The van der Waals surface area contributed by atoms with Crippen molar-refractivity contribution in [1.29, 1.82) is 0 Å². The molecule has 1 atom stereocenters. The second-order valence-corrected chi connectivity index (χ2v) is 5.21. The predicted octanol–water partition coefficient (Wildman–Crippen LogP) is 4.45. The van der Waals surface area contributed by atoms with Crippen LogP contribution in [0.1, 0.15) is 56.8 Å². The molecule has 0 saturated carbocycles. The number of carbonyl (C=O) groups excluding carboxylic acids is 1. The maximum Gasteiger partial charge on any atom is 0.194 e. The Bertz CT molecular complexity index is 384. The molecule has 2 nitrogen and oxygen atoms in total. The van der Waals surface area contributed by atoms with E-state index in [2.05, 4.69) is 13.8 Å². The quantitative estimate of drug-likeness (QED) is 0.646. The summed E-state index contributed by atoms with van der Waals surface area (Å²) in [6.07, 6.45) is 3.25. The summed E-state index contributed by atoms with van der Waals surface area (Å²) in [7, 11) is 0. The van der Waals surface area contributed by atoms with Crippen molar-refractivity contribution < 1.29 is 9.53 Å². The average Bonchev–Trinajstić information content (AvgIpc) is 2.43. The van der Waals surface area contributed by atoms with Gasteiger partial charge in [-0.1, -0.05) is 50.1 Å². The van der Waals surface area contributed by atoms with Gasteiger partial charge in [0, 0.05) is 5.56 Å². The van der Waals surface area contributed by atoms with Gasteiger partial charge < -0.3 is 4.74 Å². The summed E-state index contributed by atoms with van der Waals surface area (Å²) in [6.45, 7) is 10.0. The van der Waals surface area contributed by atoms with Gasteiger partial charge in [-0.2, -0.15) is 0 Å². The highest BCUT2D eigenvalue weighted by Gasteiger charge is 2.38. The summed E-state index contributed by atoms with van der Waals surface area (Å²) in [6, 6.07) is 9.38. The highest BCUT2D eigenvalue weighted by atomic mass is 16.5. The molecule has 105 valence electrons. The molecular weight excluding hydrogens is 236 g/mol. The van der Waals surface area contributed by atoms with Crippen molar-refractivity contribution in [3.05, 3.63) is 42.8 Å². The van der Waals surface area contributed by atoms with Crippen LogP contribution in [-0.4, -0.2) is 17.5 Å². The lowest BCUT2D eigenvalue weighted by Crippen LogP contribution is -2.43. The van der Waals surface area contributed by atoms with E-state index in [1.54, 1.807) is 0 Å². The van der Waals surface area contributed by atoms with Crippen LogP contribution in [0.3, 0.4) is 0 Å². The Morgan fingerprint density at radius 2 is 1.95 bits per heavy atom. The van der Waals surface area contributed by atoms with Crippen LogP contribution >= 0.6 is 0 Å². The number of Topliss-reactive ketones (excluding diaryl/α,β-unsaturated/α-hetero) is 1. The van der Waals surface area contributed by atoms with E-state index in [-0.39, 0.29) is 11.9 Å². The average molecular weight is 261 g/mol. The molecular formula is C17H25O2. The molecule has 1 aromatic carbocycles. The monoisotopic (exact) mass is 261 g/mol. The van der Waals surface area contributed by atoms with E-state index in [0.717, 1.165) is 19.3 Å². The molecule has 0 N–H and O–H groups in total. The first-order chi connectivity index (χ1) is 9.05. The molecule has 1 rings (SSSR count). The zero-order valence-corrected chi connectivity index (χ0v) is 12.3. The van der Waals surface area contributed by atoms with Gasteiger partial charge in [-0.25, -0.2) is 0 Å². The molecule has 0 aliphatic carbocycles. The molecule has 1 unspecified atom stereocenters. The maximum absolute atomic E-state index is 12.8. The Labute approximate surface area is 117 Å². The first kappa shape index (κ1) is 15.9. The third-order valence-electron chi connectivity index (χ3n) is 3.25. The number of rotatable bonds is 8. The number of ketones is 1. The van der Waals surface area contributed by atoms with Crippen molar-refractivity contribution in [2.75, 3.05) is 0 Å². The van der Waals surface area contributed by atoms with Gasteiger partial charge in [-0.3, -0.25) is 4.79 Å². The van der Waals surface area contributed by atoms with Crippen molar-refractivity contribution >= 4 is 5.78 Å². The number of ether oxygens (including phenoxy) is 1. The smallest absolute Gasteiger partial charge is 0.194 e. The molecule has 0 aromatic heterocycles. The highest BCUT2D eigenvalue weighted by Crippen LogP contribution is 2.29. The van der Waals surface area contributed by atoms with E-state index >= 15 is 0 Å². The Kier molecular flexibility index (Phi) is 6.23. The lowest BCUT2D eigenvalue weighted by Gasteiger charge is -2.33. The predicted molar refractivity (Wildman–Crippen MR) is 79.2 cm³/mol. The summed E-state index contributed by atoms with van der Waals surface area (Å²) < 4.78 is 5.99. The lowest BCUT2D eigenvalue weighted by molar-refractivity contribution is -0.0611. The molecule has 0 bridgehead atoms. The van der Waals surface area contributed by atoms with Crippen LogP contribution in [0.25, 0.3) is 0 Å². The Hall–Kier alpha value is -1.15. The molecule has 0 aliphatic heterocycles. The van der Waals surface area contributed by atoms with Crippen molar-refractivity contribution in [3.8, 4) is 0 Å². The van der Waals surface area contributed by atoms with Gasteiger partial charge >= 0.3 is 0 Å². The van der Waals surface area contributed by atoms with Crippen LogP contribution in [0.2, 0.25) is 0 Å². The highest BCUT2D eigenvalue weighted by molar-refractivity contribution is 6.02. The molecule has 0 saturated heterocycles. The van der Waals surface area contributed by atoms with Crippen molar-refractivity contribution in [3.63, 3.8) is 0 Å². The fraction of sp³-hybridized carbons (Fsp3) is 0.529. The third-order valence-corrected chi connectivity index (χ3v) is 3.25. The molecule has 19 heavy (non-hydrogen) atoms. The van der Waals surface area contributed by atoms with Crippen LogP contribution in [0, 0.1) is 6.92 Å². The Morgan fingerprint density at radius 3 is 2.42 bits per heavy atom. The van der Waals surface area contributed by atoms with E-state index < -0.39 is 5.60 Å². The second-order valence-electron chi connectivity index (χ2n) is 5.21. The Morgan fingerprint density at radius 1 is 1.32 bits per heavy atom. The fourth-order valence-corrected chi connectivity index (χ4v) is 2.29. The van der Waals surface area contributed by atoms with Crippen LogP contribution in [0.5, 0.6) is 0 Å². The Balaban J connectivity index is 3.03. The standard InChI is InChI=1S/C17H25O2/c1-5-7-13-17(6-2,19-14(3)4)16(18)15-11-9-8-10-12-15/h8-12,14H,2,5-7,13H2,1,3-4H3. The van der Waals surface area contributed by atoms with Crippen molar-refractivity contribution in [2.24, 2.45) is 0 Å². The number of hydrogen-bond donors (Lipinski definition) is 0. The normalized spacial score (nSPS) is 14.4. The van der Waals surface area contributed by atoms with Gasteiger partial charge in [0.1, 0.15) is 5.60 Å². The molecule has 0 amide bonds. The summed E-state index contributed by atoms with van der Waals surface area (Å²) in [5.41, 5.74) is -0.0613. The zero-order chi connectivity index (χ0) is 14.3. The van der Waals surface area contributed by atoms with E-state index in [4.69, 9.17) is 4.74 Å². The number of unbranched alkanes of at least 4 members (excludes halogenated alkanes) is 1. The molecule has 0 spiro atoms. The second kappa shape index (κ2) is 7.44. The van der Waals surface area contributed by atoms with Gasteiger partial charge in [-0.15, -0.1) is 0 Å². The fourth-order valence-electron chi connectivity index (χ4n) is 2.29. The van der Waals surface area contributed by atoms with Crippen LogP contribution in [0.4, 0.5) is 0 Å². The summed E-state index contributed by atoms with van der Waals surface area (Å²) in [5, 5.41) is 0. The molecule has 1 radical (unpaired) electrons. The molecule has 0 aliphatic rings. The van der Waals surface area contributed by atoms with Gasteiger partial charge in [0.05, 0.1) is 6.10 Å². The summed E-state index contributed by atoms with van der Waals surface area (Å²) in [5.74, 6) is 0.0604. The third kappa shape index (κ3) is 4.17. The topological polar surface area (TPSA) is 26.3 Å². The van der Waals surface area contributed by atoms with Crippen molar-refractivity contribution in [1.82, 2.24) is 0 Å². The minimum atomic E-state index is -0.772.